The standard InChI is InChI=1S/C23H26ClF3N4O2/c1-12-7-16(8-13(12)2)30-6-5-29(11-18(30)32)22(33)19-20(24)31-10-15(14-3-4-14)9-17(21(31)28-19)23(25,26)27/h9-10,12-14,16H,3-8,11H2,1-2H3. The van der Waals surface area contributed by atoms with Crippen molar-refractivity contribution in [3.8, 4) is 0 Å². The second kappa shape index (κ2) is 7.89. The van der Waals surface area contributed by atoms with E-state index in [4.69, 9.17) is 11.6 Å². The van der Waals surface area contributed by atoms with Crippen molar-refractivity contribution < 1.29 is 22.8 Å². The highest BCUT2D eigenvalue weighted by atomic mass is 35.5. The van der Waals surface area contributed by atoms with Crippen LogP contribution < -0.4 is 0 Å². The van der Waals surface area contributed by atoms with Gasteiger partial charge in [0.05, 0.1) is 5.56 Å². The number of piperazine rings is 1. The Morgan fingerprint density at radius 3 is 2.39 bits per heavy atom. The summed E-state index contributed by atoms with van der Waals surface area (Å²) in [5.74, 6) is 0.392. The first kappa shape index (κ1) is 22.5. The zero-order chi connectivity index (χ0) is 23.7. The summed E-state index contributed by atoms with van der Waals surface area (Å²) >= 11 is 6.38. The highest BCUT2D eigenvalue weighted by Gasteiger charge is 2.40. The van der Waals surface area contributed by atoms with Gasteiger partial charge in [-0.1, -0.05) is 25.4 Å². The predicted octanol–water partition coefficient (Wildman–Crippen LogP) is 4.60. The van der Waals surface area contributed by atoms with Crippen LogP contribution in [0.5, 0.6) is 0 Å². The lowest BCUT2D eigenvalue weighted by atomic mass is 10.0. The highest BCUT2D eigenvalue weighted by Crippen LogP contribution is 2.43. The van der Waals surface area contributed by atoms with Gasteiger partial charge >= 0.3 is 6.18 Å². The molecule has 2 saturated carbocycles. The maximum absolute atomic E-state index is 13.7. The number of pyridine rings is 1. The molecule has 5 rings (SSSR count). The molecule has 3 fully saturated rings. The molecular formula is C23H26ClF3N4O2. The van der Waals surface area contributed by atoms with Gasteiger partial charge in [0.15, 0.2) is 11.3 Å². The Morgan fingerprint density at radius 1 is 1.15 bits per heavy atom. The van der Waals surface area contributed by atoms with Gasteiger partial charge in [-0.3, -0.25) is 14.0 Å². The van der Waals surface area contributed by atoms with Crippen molar-refractivity contribution in [3.05, 3.63) is 34.2 Å². The van der Waals surface area contributed by atoms with Gasteiger partial charge in [-0.15, -0.1) is 0 Å². The fraction of sp³-hybridized carbons (Fsp3) is 0.609. The van der Waals surface area contributed by atoms with E-state index in [0.29, 0.717) is 30.5 Å². The summed E-state index contributed by atoms with van der Waals surface area (Å²) in [5.41, 5.74) is -1.01. The summed E-state index contributed by atoms with van der Waals surface area (Å²) in [6.45, 7) is 4.95. The van der Waals surface area contributed by atoms with Crippen LogP contribution in [-0.2, 0) is 11.0 Å². The lowest BCUT2D eigenvalue weighted by molar-refractivity contribution is -0.138. The third kappa shape index (κ3) is 3.98. The molecule has 2 atom stereocenters. The van der Waals surface area contributed by atoms with Crippen LogP contribution in [0.15, 0.2) is 12.3 Å². The molecule has 3 heterocycles. The molecule has 2 unspecified atom stereocenters. The molecule has 0 aromatic carbocycles. The Hall–Kier alpha value is -2.29. The average molecular weight is 483 g/mol. The van der Waals surface area contributed by atoms with E-state index in [2.05, 4.69) is 18.8 Å². The fourth-order valence-corrected chi connectivity index (χ4v) is 5.44. The quantitative estimate of drug-likeness (QED) is 0.642. The van der Waals surface area contributed by atoms with Crippen LogP contribution in [0, 0.1) is 11.8 Å². The summed E-state index contributed by atoms with van der Waals surface area (Å²) in [7, 11) is 0. The van der Waals surface area contributed by atoms with Crippen LogP contribution in [0.25, 0.3) is 5.65 Å². The van der Waals surface area contributed by atoms with Crippen LogP contribution in [-0.4, -0.2) is 56.7 Å². The van der Waals surface area contributed by atoms with E-state index in [9.17, 15) is 22.8 Å². The second-order valence-electron chi connectivity index (χ2n) is 9.80. The molecule has 6 nitrogen and oxygen atoms in total. The van der Waals surface area contributed by atoms with Crippen LogP contribution in [0.2, 0.25) is 5.15 Å². The minimum atomic E-state index is -4.63. The normalized spacial score (nSPS) is 26.5. The number of alkyl halides is 3. The summed E-state index contributed by atoms with van der Waals surface area (Å²) < 4.78 is 42.4. The molecular weight excluding hydrogens is 457 g/mol. The van der Waals surface area contributed by atoms with Gasteiger partial charge in [-0.2, -0.15) is 13.2 Å². The Bertz CT molecular complexity index is 1120. The van der Waals surface area contributed by atoms with Crippen LogP contribution in [0.3, 0.4) is 0 Å². The molecule has 1 saturated heterocycles. The minimum absolute atomic E-state index is 0.0693. The SMILES string of the molecule is CC1CC(N2CCN(C(=O)c3nc4c(C(F)(F)F)cc(C5CC5)cn4c3Cl)CC2=O)CC1C. The maximum Gasteiger partial charge on any atom is 0.419 e. The Morgan fingerprint density at radius 2 is 1.82 bits per heavy atom. The van der Waals surface area contributed by atoms with Gasteiger partial charge in [-0.05, 0) is 55.1 Å². The van der Waals surface area contributed by atoms with Gasteiger partial charge in [0.25, 0.3) is 5.91 Å². The number of carbonyl (C=O) groups is 2. The molecule has 33 heavy (non-hydrogen) atoms. The van der Waals surface area contributed by atoms with E-state index >= 15 is 0 Å². The predicted molar refractivity (Wildman–Crippen MR) is 116 cm³/mol. The van der Waals surface area contributed by atoms with E-state index in [-0.39, 0.29) is 40.9 Å². The Labute approximate surface area is 194 Å². The van der Waals surface area contributed by atoms with E-state index in [1.165, 1.54) is 4.90 Å². The first-order valence-corrected chi connectivity index (χ1v) is 11.8. The van der Waals surface area contributed by atoms with E-state index in [1.54, 1.807) is 6.20 Å². The number of imidazole rings is 1. The van der Waals surface area contributed by atoms with Crippen LogP contribution >= 0.6 is 11.6 Å². The third-order valence-electron chi connectivity index (χ3n) is 7.48. The summed E-state index contributed by atoms with van der Waals surface area (Å²) in [6.07, 6.45) is 0.460. The molecule has 0 spiro atoms. The highest BCUT2D eigenvalue weighted by molar-refractivity contribution is 6.33. The number of halogens is 4. The molecule has 2 amide bonds. The zero-order valence-corrected chi connectivity index (χ0v) is 19.3. The van der Waals surface area contributed by atoms with Crippen molar-refractivity contribution in [1.29, 1.82) is 0 Å². The lowest BCUT2D eigenvalue weighted by Crippen LogP contribution is -2.55. The Balaban J connectivity index is 1.41. The number of hydrogen-bond donors (Lipinski definition) is 0. The molecule has 2 aliphatic carbocycles. The van der Waals surface area contributed by atoms with Gasteiger partial charge in [-0.25, -0.2) is 4.98 Å². The van der Waals surface area contributed by atoms with Crippen molar-refractivity contribution >= 4 is 29.1 Å². The van der Waals surface area contributed by atoms with E-state index < -0.39 is 17.6 Å². The Kier molecular flexibility index (Phi) is 5.38. The largest absolute Gasteiger partial charge is 0.419 e. The van der Waals surface area contributed by atoms with Crippen LogP contribution in [0.1, 0.15) is 67.1 Å². The molecule has 1 aliphatic heterocycles. The number of hydrogen-bond acceptors (Lipinski definition) is 3. The fourth-order valence-electron chi connectivity index (χ4n) is 5.19. The molecule has 10 heteroatoms. The molecule has 178 valence electrons. The molecule has 0 N–H and O–H groups in total. The van der Waals surface area contributed by atoms with Gasteiger partial charge in [0.1, 0.15) is 11.7 Å². The second-order valence-corrected chi connectivity index (χ2v) is 10.2. The number of rotatable bonds is 3. The van der Waals surface area contributed by atoms with Gasteiger partial charge in [0, 0.05) is 25.3 Å². The molecule has 2 aromatic rings. The van der Waals surface area contributed by atoms with Crippen molar-refractivity contribution in [2.24, 2.45) is 11.8 Å². The summed E-state index contributed by atoms with van der Waals surface area (Å²) in [4.78, 5) is 33.2. The summed E-state index contributed by atoms with van der Waals surface area (Å²) in [5, 5.41) is -0.156. The van der Waals surface area contributed by atoms with E-state index in [1.807, 2.05) is 4.90 Å². The van der Waals surface area contributed by atoms with Crippen molar-refractivity contribution in [2.75, 3.05) is 19.6 Å². The zero-order valence-electron chi connectivity index (χ0n) is 18.5. The van der Waals surface area contributed by atoms with Gasteiger partial charge < -0.3 is 9.80 Å². The minimum Gasteiger partial charge on any atom is -0.336 e. The first-order chi connectivity index (χ1) is 15.5. The number of nitrogens with zero attached hydrogens (tertiary/aromatic N) is 4. The summed E-state index contributed by atoms with van der Waals surface area (Å²) in [6, 6.07) is 1.28. The molecule has 0 radical (unpaired) electrons. The van der Waals surface area contributed by atoms with Crippen molar-refractivity contribution in [2.45, 2.75) is 57.7 Å². The lowest BCUT2D eigenvalue weighted by Gasteiger charge is -2.37. The molecule has 3 aliphatic rings. The number of aromatic nitrogens is 2. The topological polar surface area (TPSA) is 57.9 Å². The van der Waals surface area contributed by atoms with Crippen molar-refractivity contribution in [1.82, 2.24) is 19.2 Å². The van der Waals surface area contributed by atoms with Crippen LogP contribution in [0.4, 0.5) is 13.2 Å². The van der Waals surface area contributed by atoms with E-state index in [0.717, 1.165) is 36.2 Å². The molecule has 0 bridgehead atoms. The van der Waals surface area contributed by atoms with Gasteiger partial charge in [0.2, 0.25) is 5.91 Å². The maximum atomic E-state index is 13.7. The number of carbonyl (C=O) groups excluding carboxylic acids is 2. The number of fused-ring (bicyclic) bond motifs is 1. The number of amides is 2. The average Bonchev–Trinajstić information content (AvgIpc) is 3.48. The third-order valence-corrected chi connectivity index (χ3v) is 7.85. The smallest absolute Gasteiger partial charge is 0.336 e. The van der Waals surface area contributed by atoms with Crippen molar-refractivity contribution in [3.63, 3.8) is 0 Å². The first-order valence-electron chi connectivity index (χ1n) is 11.4. The monoisotopic (exact) mass is 482 g/mol. The molecule has 2 aromatic heterocycles.